The van der Waals surface area contributed by atoms with Crippen molar-refractivity contribution in [2.24, 2.45) is 5.92 Å². The Labute approximate surface area is 183 Å². The third kappa shape index (κ3) is 6.51. The Bertz CT molecular complexity index is 894. The number of phenols is 1. The van der Waals surface area contributed by atoms with Crippen molar-refractivity contribution in [3.05, 3.63) is 59.2 Å². The fourth-order valence-corrected chi connectivity index (χ4v) is 4.34. The van der Waals surface area contributed by atoms with Crippen LogP contribution < -0.4 is 5.32 Å². The van der Waals surface area contributed by atoms with E-state index in [9.17, 15) is 19.5 Å². The Morgan fingerprint density at radius 1 is 0.903 bits per heavy atom. The largest absolute Gasteiger partial charge is 0.505 e. The topological polar surface area (TPSA) is 83.5 Å². The zero-order valence-electron chi connectivity index (χ0n) is 17.9. The maximum atomic E-state index is 12.8. The molecule has 1 fully saturated rings. The normalized spacial score (nSPS) is 15.4. The van der Waals surface area contributed by atoms with Crippen LogP contribution in [0.4, 0.5) is 5.69 Å². The first-order valence-corrected chi connectivity index (χ1v) is 11.3. The van der Waals surface area contributed by atoms with Crippen LogP contribution >= 0.6 is 0 Å². The molecule has 5 heteroatoms. The molecule has 0 atom stereocenters. The second-order valence-corrected chi connectivity index (χ2v) is 8.45. The lowest BCUT2D eigenvalue weighted by molar-refractivity contribution is -0.105. The number of aromatic hydroxyl groups is 1. The Morgan fingerprint density at radius 2 is 1.55 bits per heavy atom. The molecule has 0 heterocycles. The van der Waals surface area contributed by atoms with Gasteiger partial charge in [-0.1, -0.05) is 81.7 Å². The molecule has 0 bridgehead atoms. The van der Waals surface area contributed by atoms with Gasteiger partial charge in [0.05, 0.1) is 11.3 Å². The van der Waals surface area contributed by atoms with E-state index >= 15 is 0 Å². The van der Waals surface area contributed by atoms with E-state index < -0.39 is 0 Å². The van der Waals surface area contributed by atoms with Gasteiger partial charge in [0.15, 0.2) is 11.6 Å². The van der Waals surface area contributed by atoms with Crippen LogP contribution in [0.5, 0.6) is 5.75 Å². The van der Waals surface area contributed by atoms with Crippen molar-refractivity contribution in [2.45, 2.75) is 64.2 Å². The third-order valence-corrected chi connectivity index (χ3v) is 6.14. The second-order valence-electron chi connectivity index (χ2n) is 8.45. The zero-order chi connectivity index (χ0) is 22.1. The molecule has 0 radical (unpaired) electrons. The Kier molecular flexibility index (Phi) is 8.39. The Morgan fingerprint density at radius 3 is 2.19 bits per heavy atom. The van der Waals surface area contributed by atoms with Gasteiger partial charge in [-0.15, -0.1) is 0 Å². The molecule has 1 aliphatic rings. The van der Waals surface area contributed by atoms with Crippen LogP contribution in [-0.2, 0) is 11.2 Å². The summed E-state index contributed by atoms with van der Waals surface area (Å²) in [5.41, 5.74) is 1.83. The van der Waals surface area contributed by atoms with Gasteiger partial charge in [-0.2, -0.15) is 0 Å². The first-order valence-electron chi connectivity index (χ1n) is 11.3. The van der Waals surface area contributed by atoms with Gasteiger partial charge in [0, 0.05) is 18.4 Å². The lowest BCUT2D eigenvalue weighted by Gasteiger charge is -2.15. The molecule has 31 heavy (non-hydrogen) atoms. The van der Waals surface area contributed by atoms with Crippen molar-refractivity contribution in [2.75, 3.05) is 5.32 Å². The van der Waals surface area contributed by atoms with Crippen molar-refractivity contribution in [3.8, 4) is 5.75 Å². The molecule has 0 aromatic heterocycles. The highest BCUT2D eigenvalue weighted by Gasteiger charge is 2.18. The first-order chi connectivity index (χ1) is 15.1. The maximum absolute atomic E-state index is 12.8. The molecule has 5 nitrogen and oxygen atoms in total. The minimum absolute atomic E-state index is 0.106. The lowest BCUT2D eigenvalue weighted by atomic mass is 9.89. The van der Waals surface area contributed by atoms with E-state index in [1.165, 1.54) is 50.7 Å². The molecule has 1 saturated carbocycles. The Hall–Kier alpha value is -2.95. The van der Waals surface area contributed by atoms with Gasteiger partial charge < -0.3 is 10.4 Å². The summed E-state index contributed by atoms with van der Waals surface area (Å²) in [6.45, 7) is 0. The molecule has 2 aromatic rings. The predicted octanol–water partition coefficient (Wildman–Crippen LogP) is 5.71. The van der Waals surface area contributed by atoms with Gasteiger partial charge in [-0.25, -0.2) is 0 Å². The van der Waals surface area contributed by atoms with Crippen LogP contribution in [-0.4, -0.2) is 23.1 Å². The molecule has 1 amide bonds. The van der Waals surface area contributed by atoms with E-state index in [4.69, 9.17) is 0 Å². The molecule has 0 saturated heterocycles. The molecule has 0 aliphatic heterocycles. The zero-order valence-corrected chi connectivity index (χ0v) is 17.9. The van der Waals surface area contributed by atoms with Gasteiger partial charge >= 0.3 is 0 Å². The van der Waals surface area contributed by atoms with Crippen LogP contribution in [0.1, 0.15) is 84.1 Å². The molecule has 0 unspecified atom stereocenters. The van der Waals surface area contributed by atoms with Crippen LogP contribution in [0.25, 0.3) is 0 Å². The van der Waals surface area contributed by atoms with Crippen molar-refractivity contribution in [1.82, 2.24) is 0 Å². The number of para-hydroxylation sites is 1. The van der Waals surface area contributed by atoms with E-state index in [0.717, 1.165) is 18.4 Å². The minimum atomic E-state index is -0.253. The van der Waals surface area contributed by atoms with E-state index in [1.807, 2.05) is 0 Å². The summed E-state index contributed by atoms with van der Waals surface area (Å²) < 4.78 is 0. The quantitative estimate of drug-likeness (QED) is 0.325. The number of benzene rings is 2. The highest BCUT2D eigenvalue weighted by molar-refractivity contribution is 6.02. The maximum Gasteiger partial charge on any atom is 0.211 e. The number of nitrogens with one attached hydrogen (secondary N) is 1. The summed E-state index contributed by atoms with van der Waals surface area (Å²) >= 11 is 0. The fraction of sp³-hybridized carbons (Fsp3) is 0.423. The molecule has 2 aromatic carbocycles. The van der Waals surface area contributed by atoms with Crippen molar-refractivity contribution in [1.29, 1.82) is 0 Å². The van der Waals surface area contributed by atoms with Crippen molar-refractivity contribution >= 4 is 23.7 Å². The number of phenolic OH excluding ortho intramolecular Hbond substituents is 1. The van der Waals surface area contributed by atoms with Crippen LogP contribution in [0.3, 0.4) is 0 Å². The number of amides is 1. The molecule has 1 aliphatic carbocycles. The Balaban J connectivity index is 1.60. The summed E-state index contributed by atoms with van der Waals surface area (Å²) in [6, 6.07) is 11.9. The van der Waals surface area contributed by atoms with E-state index in [2.05, 4.69) is 5.32 Å². The van der Waals surface area contributed by atoms with Gasteiger partial charge in [-0.3, -0.25) is 14.4 Å². The molecular weight excluding hydrogens is 390 g/mol. The summed E-state index contributed by atoms with van der Waals surface area (Å²) in [4.78, 5) is 36.0. The highest BCUT2D eigenvalue weighted by atomic mass is 16.3. The fourth-order valence-electron chi connectivity index (χ4n) is 4.34. The number of carbonyl (C=O) groups excluding carboxylic acids is 3. The lowest BCUT2D eigenvalue weighted by Crippen LogP contribution is -2.10. The summed E-state index contributed by atoms with van der Waals surface area (Å²) in [5, 5.41) is 12.6. The van der Waals surface area contributed by atoms with E-state index in [-0.39, 0.29) is 35.0 Å². The predicted molar refractivity (Wildman–Crippen MR) is 122 cm³/mol. The summed E-state index contributed by atoms with van der Waals surface area (Å²) in [5.74, 6) is 0.160. The van der Waals surface area contributed by atoms with Crippen molar-refractivity contribution in [3.63, 3.8) is 0 Å². The SMILES string of the molecule is O=CNc1cccc(C(=O)Cc2ccc(C(=O)CC3CCCCCCCC3)cc2)c1O. The third-order valence-electron chi connectivity index (χ3n) is 6.14. The van der Waals surface area contributed by atoms with Gasteiger partial charge in [0.25, 0.3) is 0 Å². The number of ketones is 2. The van der Waals surface area contributed by atoms with E-state index in [0.29, 0.717) is 24.3 Å². The standard InChI is InChI=1S/C26H31NO4/c28-18-27-23-11-7-10-22(26(23)31)25(30)17-20-12-14-21(15-13-20)24(29)16-19-8-5-3-1-2-4-6-9-19/h7,10-15,18-19,31H,1-6,8-9,16-17H2,(H,27,28). The monoisotopic (exact) mass is 421 g/mol. The molecule has 2 N–H and O–H groups in total. The average molecular weight is 422 g/mol. The van der Waals surface area contributed by atoms with Crippen LogP contribution in [0, 0.1) is 5.92 Å². The van der Waals surface area contributed by atoms with Crippen LogP contribution in [0.2, 0.25) is 0 Å². The molecule has 3 rings (SSSR count). The van der Waals surface area contributed by atoms with Gasteiger partial charge in [0.2, 0.25) is 6.41 Å². The summed E-state index contributed by atoms with van der Waals surface area (Å²) in [7, 11) is 0. The number of anilines is 1. The number of hydrogen-bond acceptors (Lipinski definition) is 4. The highest BCUT2D eigenvalue weighted by Crippen LogP contribution is 2.28. The number of hydrogen-bond donors (Lipinski definition) is 2. The van der Waals surface area contributed by atoms with Crippen LogP contribution in [0.15, 0.2) is 42.5 Å². The van der Waals surface area contributed by atoms with E-state index in [1.54, 1.807) is 30.3 Å². The van der Waals surface area contributed by atoms with Gasteiger partial charge in [-0.05, 0) is 23.6 Å². The number of rotatable bonds is 8. The molecule has 164 valence electrons. The average Bonchev–Trinajstić information content (AvgIpc) is 2.90. The van der Waals surface area contributed by atoms with Gasteiger partial charge in [0.1, 0.15) is 5.75 Å². The second kappa shape index (κ2) is 11.4. The minimum Gasteiger partial charge on any atom is -0.505 e. The summed E-state index contributed by atoms with van der Waals surface area (Å²) in [6.07, 6.45) is 11.1. The smallest absolute Gasteiger partial charge is 0.211 e. The number of carbonyl (C=O) groups is 3. The first kappa shape index (κ1) is 22.7. The number of Topliss-reactive ketones (excluding diaryl/α,β-unsaturated/α-hetero) is 2. The van der Waals surface area contributed by atoms with Crippen molar-refractivity contribution < 1.29 is 19.5 Å². The molecular formula is C26H31NO4. The molecule has 0 spiro atoms.